The van der Waals surface area contributed by atoms with Gasteiger partial charge in [0.05, 0.1) is 16.5 Å². The molecule has 1 rings (SSSR count). The molecule has 17 heavy (non-hydrogen) atoms. The molecule has 0 saturated heterocycles. The lowest BCUT2D eigenvalue weighted by Gasteiger charge is -2.08. The highest BCUT2D eigenvalue weighted by Crippen LogP contribution is 2.19. The van der Waals surface area contributed by atoms with E-state index in [0.717, 1.165) is 0 Å². The van der Waals surface area contributed by atoms with Gasteiger partial charge in [0.25, 0.3) is 0 Å². The lowest BCUT2D eigenvalue weighted by molar-refractivity contribution is 0.252. The smallest absolute Gasteiger partial charge is 0.319 e. The van der Waals surface area contributed by atoms with Gasteiger partial charge in [-0.1, -0.05) is 23.7 Å². The average Bonchev–Trinajstić information content (AvgIpc) is 2.19. The van der Waals surface area contributed by atoms with Crippen LogP contribution in [-0.4, -0.2) is 26.7 Å². The maximum atomic E-state index is 11.3. The highest BCUT2D eigenvalue weighted by Gasteiger charge is 2.06. The molecular formula is C9H12ClN3O3S. The standard InChI is InChI=1S/C9H12ClN3O3S/c10-7-3-1-2-4-8(7)13-9(14)12-5-6-17(11,15)16/h1-4H,5-6H2,(H2,11,15,16)(H2,12,13,14). The molecule has 94 valence electrons. The molecule has 0 bridgehead atoms. The Morgan fingerprint density at radius 3 is 2.59 bits per heavy atom. The first-order valence-electron chi connectivity index (χ1n) is 4.68. The van der Waals surface area contributed by atoms with Crippen LogP contribution in [0.15, 0.2) is 24.3 Å². The zero-order valence-electron chi connectivity index (χ0n) is 8.81. The van der Waals surface area contributed by atoms with Crippen molar-refractivity contribution in [2.45, 2.75) is 0 Å². The number of carbonyl (C=O) groups is 1. The third-order valence-corrected chi connectivity index (χ3v) is 2.90. The van der Waals surface area contributed by atoms with E-state index in [-0.39, 0.29) is 12.3 Å². The van der Waals surface area contributed by atoms with E-state index >= 15 is 0 Å². The van der Waals surface area contributed by atoms with Gasteiger partial charge in [0.1, 0.15) is 0 Å². The van der Waals surface area contributed by atoms with Crippen LogP contribution in [0.2, 0.25) is 5.02 Å². The average molecular weight is 278 g/mol. The van der Waals surface area contributed by atoms with Crippen molar-refractivity contribution in [3.8, 4) is 0 Å². The van der Waals surface area contributed by atoms with Crippen LogP contribution in [-0.2, 0) is 10.0 Å². The minimum atomic E-state index is -3.57. The second-order valence-electron chi connectivity index (χ2n) is 3.23. The van der Waals surface area contributed by atoms with Gasteiger partial charge in [-0.25, -0.2) is 18.4 Å². The van der Waals surface area contributed by atoms with E-state index in [1.54, 1.807) is 24.3 Å². The number of hydrogen-bond acceptors (Lipinski definition) is 3. The molecule has 0 fully saturated rings. The maximum Gasteiger partial charge on any atom is 0.319 e. The molecular weight excluding hydrogens is 266 g/mol. The molecule has 0 heterocycles. The molecule has 0 aliphatic rings. The largest absolute Gasteiger partial charge is 0.337 e. The van der Waals surface area contributed by atoms with E-state index in [1.807, 2.05) is 0 Å². The number of nitrogens with two attached hydrogens (primary N) is 1. The molecule has 0 unspecified atom stereocenters. The number of sulfonamides is 1. The summed E-state index contributed by atoms with van der Waals surface area (Å²) >= 11 is 5.82. The number of halogens is 1. The first-order valence-corrected chi connectivity index (χ1v) is 6.78. The Morgan fingerprint density at radius 1 is 1.35 bits per heavy atom. The summed E-state index contributed by atoms with van der Waals surface area (Å²) in [5.74, 6) is -0.317. The molecule has 0 atom stereocenters. The van der Waals surface area contributed by atoms with Gasteiger partial charge in [-0.3, -0.25) is 0 Å². The third kappa shape index (κ3) is 5.53. The van der Waals surface area contributed by atoms with Gasteiger partial charge in [-0.05, 0) is 12.1 Å². The van der Waals surface area contributed by atoms with Crippen molar-refractivity contribution in [1.29, 1.82) is 0 Å². The summed E-state index contributed by atoms with van der Waals surface area (Å²) in [5, 5.41) is 10.0. The second-order valence-corrected chi connectivity index (χ2v) is 5.37. The fraction of sp³-hybridized carbons (Fsp3) is 0.222. The molecule has 0 aliphatic heterocycles. The Hall–Kier alpha value is -1.31. The SMILES string of the molecule is NS(=O)(=O)CCNC(=O)Nc1ccccc1Cl. The summed E-state index contributed by atoms with van der Waals surface area (Å²) in [6, 6.07) is 6.16. The number of amides is 2. The lowest BCUT2D eigenvalue weighted by Crippen LogP contribution is -2.34. The van der Waals surface area contributed by atoms with E-state index in [9.17, 15) is 13.2 Å². The van der Waals surface area contributed by atoms with Crippen LogP contribution in [0, 0.1) is 0 Å². The fourth-order valence-electron chi connectivity index (χ4n) is 1.04. The number of carbonyl (C=O) groups excluding carboxylic acids is 1. The normalized spacial score (nSPS) is 10.9. The Labute approximate surface area is 104 Å². The van der Waals surface area contributed by atoms with Gasteiger partial charge in [-0.15, -0.1) is 0 Å². The van der Waals surface area contributed by atoms with Crippen LogP contribution in [0.4, 0.5) is 10.5 Å². The van der Waals surface area contributed by atoms with Crippen LogP contribution in [0.25, 0.3) is 0 Å². The fourth-order valence-corrected chi connectivity index (χ4v) is 1.61. The van der Waals surface area contributed by atoms with Crippen LogP contribution < -0.4 is 15.8 Å². The number of urea groups is 1. The summed E-state index contributed by atoms with van der Waals surface area (Å²) in [6.45, 7) is -0.0604. The molecule has 4 N–H and O–H groups in total. The van der Waals surface area contributed by atoms with Crippen molar-refractivity contribution in [2.75, 3.05) is 17.6 Å². The number of rotatable bonds is 4. The summed E-state index contributed by atoms with van der Waals surface area (Å²) < 4.78 is 21.2. The van der Waals surface area contributed by atoms with Gasteiger partial charge >= 0.3 is 6.03 Å². The number of primary sulfonamides is 1. The Kier molecular flexibility index (Phi) is 4.73. The van der Waals surface area contributed by atoms with Crippen molar-refractivity contribution in [3.63, 3.8) is 0 Å². The van der Waals surface area contributed by atoms with Gasteiger partial charge in [-0.2, -0.15) is 0 Å². The van der Waals surface area contributed by atoms with Gasteiger partial charge in [0, 0.05) is 6.54 Å². The number of nitrogens with one attached hydrogen (secondary N) is 2. The van der Waals surface area contributed by atoms with E-state index in [4.69, 9.17) is 16.7 Å². The first-order chi connectivity index (χ1) is 7.88. The Bertz CT molecular complexity index is 504. The van der Waals surface area contributed by atoms with E-state index in [0.29, 0.717) is 10.7 Å². The van der Waals surface area contributed by atoms with Gasteiger partial charge < -0.3 is 10.6 Å². The van der Waals surface area contributed by atoms with Crippen LogP contribution >= 0.6 is 11.6 Å². The topological polar surface area (TPSA) is 101 Å². The van der Waals surface area contributed by atoms with E-state index in [2.05, 4.69) is 10.6 Å². The number of benzene rings is 1. The predicted octanol–water partition coefficient (Wildman–Crippen LogP) is 0.750. The highest BCUT2D eigenvalue weighted by atomic mass is 35.5. The molecule has 6 nitrogen and oxygen atoms in total. The van der Waals surface area contributed by atoms with Crippen molar-refractivity contribution < 1.29 is 13.2 Å². The third-order valence-electron chi connectivity index (χ3n) is 1.79. The van der Waals surface area contributed by atoms with Crippen LogP contribution in [0.5, 0.6) is 0 Å². The minimum Gasteiger partial charge on any atom is -0.337 e. The Morgan fingerprint density at radius 2 is 2.00 bits per heavy atom. The summed E-state index contributed by atoms with van der Waals surface area (Å²) in [5.41, 5.74) is 0.447. The van der Waals surface area contributed by atoms with Crippen LogP contribution in [0.3, 0.4) is 0 Å². The number of para-hydroxylation sites is 1. The monoisotopic (exact) mass is 277 g/mol. The summed E-state index contributed by atoms with van der Waals surface area (Å²) in [6.07, 6.45) is 0. The zero-order valence-corrected chi connectivity index (χ0v) is 10.4. The quantitative estimate of drug-likeness (QED) is 0.757. The summed E-state index contributed by atoms with van der Waals surface area (Å²) in [7, 11) is -3.57. The molecule has 1 aromatic carbocycles. The maximum absolute atomic E-state index is 11.3. The molecule has 2 amide bonds. The van der Waals surface area contributed by atoms with E-state index < -0.39 is 16.1 Å². The van der Waals surface area contributed by atoms with E-state index in [1.165, 1.54) is 0 Å². The molecule has 0 saturated carbocycles. The molecule has 8 heteroatoms. The minimum absolute atomic E-state index is 0.0604. The first kappa shape index (κ1) is 13.8. The van der Waals surface area contributed by atoms with Crippen molar-refractivity contribution in [3.05, 3.63) is 29.3 Å². The lowest BCUT2D eigenvalue weighted by atomic mass is 10.3. The predicted molar refractivity (Wildman–Crippen MR) is 66.4 cm³/mol. The summed E-state index contributed by atoms with van der Waals surface area (Å²) in [4.78, 5) is 11.3. The second kappa shape index (κ2) is 5.85. The van der Waals surface area contributed by atoms with Crippen molar-refractivity contribution in [2.24, 2.45) is 5.14 Å². The van der Waals surface area contributed by atoms with Crippen molar-refractivity contribution >= 4 is 33.3 Å². The van der Waals surface area contributed by atoms with Crippen LogP contribution in [0.1, 0.15) is 0 Å². The molecule has 0 aromatic heterocycles. The Balaban J connectivity index is 2.43. The number of hydrogen-bond donors (Lipinski definition) is 3. The number of anilines is 1. The zero-order chi connectivity index (χ0) is 12.9. The molecule has 0 aliphatic carbocycles. The van der Waals surface area contributed by atoms with Gasteiger partial charge in [0.2, 0.25) is 10.0 Å². The molecule has 1 aromatic rings. The highest BCUT2D eigenvalue weighted by molar-refractivity contribution is 7.89. The molecule has 0 radical (unpaired) electrons. The van der Waals surface area contributed by atoms with Crippen molar-refractivity contribution in [1.82, 2.24) is 5.32 Å². The van der Waals surface area contributed by atoms with Gasteiger partial charge in [0.15, 0.2) is 0 Å². The molecule has 0 spiro atoms.